The van der Waals surface area contributed by atoms with Crippen molar-refractivity contribution in [2.45, 2.75) is 20.9 Å². The van der Waals surface area contributed by atoms with Gasteiger partial charge < -0.3 is 11.1 Å². The molecule has 2 aromatic rings. The Morgan fingerprint density at radius 2 is 2.14 bits per heavy atom. The number of thioether (sulfide) groups is 2. The van der Waals surface area contributed by atoms with Crippen LogP contribution in [0.3, 0.4) is 0 Å². The number of nitrogens with one attached hydrogen (secondary N) is 1. The van der Waals surface area contributed by atoms with Gasteiger partial charge in [-0.15, -0.1) is 10.2 Å². The second-order valence-electron chi connectivity index (χ2n) is 4.02. The van der Waals surface area contributed by atoms with Crippen molar-refractivity contribution in [3.05, 3.63) is 24.0 Å². The fraction of sp³-hybridized carbons (Fsp3) is 0.250. The van der Waals surface area contributed by atoms with Crippen molar-refractivity contribution in [2.24, 2.45) is 0 Å². The van der Waals surface area contributed by atoms with Crippen molar-refractivity contribution >= 4 is 52.1 Å². The quantitative estimate of drug-likeness (QED) is 0.641. The van der Waals surface area contributed by atoms with Crippen LogP contribution in [-0.2, 0) is 4.79 Å². The summed E-state index contributed by atoms with van der Waals surface area (Å²) in [6, 6.07) is 3.86. The lowest BCUT2D eigenvalue weighted by atomic mass is 10.2. The minimum Gasteiger partial charge on any atom is -0.397 e. The highest BCUT2D eigenvalue weighted by molar-refractivity contribution is 8.03. The Hall–Kier alpha value is -1.32. The molecule has 0 bridgehead atoms. The zero-order chi connectivity index (χ0) is 15.4. The lowest BCUT2D eigenvalue weighted by Gasteiger charge is -2.11. The largest absolute Gasteiger partial charge is 0.397 e. The van der Waals surface area contributed by atoms with Crippen LogP contribution < -0.4 is 11.1 Å². The summed E-state index contributed by atoms with van der Waals surface area (Å²) < 4.78 is 14.5. The molecule has 21 heavy (non-hydrogen) atoms. The SMILES string of the molecule is CSc1nnc(SC(C)C(=O)Nc2ccc(F)cc2N)s1. The molecule has 0 saturated carbocycles. The first kappa shape index (κ1) is 16.1. The molecule has 1 atom stereocenters. The number of anilines is 2. The van der Waals surface area contributed by atoms with Gasteiger partial charge in [0.1, 0.15) is 5.82 Å². The van der Waals surface area contributed by atoms with Crippen LogP contribution in [0.25, 0.3) is 0 Å². The van der Waals surface area contributed by atoms with Crippen LogP contribution in [0.15, 0.2) is 26.9 Å². The van der Waals surface area contributed by atoms with E-state index in [0.29, 0.717) is 5.69 Å². The Bertz CT molecular complexity index is 649. The number of halogens is 1. The third-order valence-electron chi connectivity index (χ3n) is 2.48. The zero-order valence-electron chi connectivity index (χ0n) is 11.3. The maximum absolute atomic E-state index is 13.0. The van der Waals surface area contributed by atoms with Gasteiger partial charge in [-0.05, 0) is 31.4 Å². The Kier molecular flexibility index (Phi) is 5.43. The molecule has 3 N–H and O–H groups in total. The van der Waals surface area contributed by atoms with Gasteiger partial charge in [0.15, 0.2) is 8.68 Å². The fourth-order valence-corrected chi connectivity index (χ4v) is 4.00. The molecule has 0 aliphatic heterocycles. The van der Waals surface area contributed by atoms with Crippen molar-refractivity contribution in [3.63, 3.8) is 0 Å². The molecule has 5 nitrogen and oxygen atoms in total. The minimum absolute atomic E-state index is 0.195. The predicted octanol–water partition coefficient (Wildman–Crippen LogP) is 3.10. The van der Waals surface area contributed by atoms with Crippen molar-refractivity contribution in [1.82, 2.24) is 10.2 Å². The van der Waals surface area contributed by atoms with Gasteiger partial charge in [-0.3, -0.25) is 4.79 Å². The third kappa shape index (κ3) is 4.32. The molecule has 1 unspecified atom stereocenters. The second kappa shape index (κ2) is 7.10. The fourth-order valence-electron chi connectivity index (χ4n) is 1.41. The number of rotatable bonds is 5. The van der Waals surface area contributed by atoms with E-state index in [1.54, 1.807) is 6.92 Å². The maximum Gasteiger partial charge on any atom is 0.237 e. The smallest absolute Gasteiger partial charge is 0.237 e. The van der Waals surface area contributed by atoms with Crippen molar-refractivity contribution in [1.29, 1.82) is 0 Å². The van der Waals surface area contributed by atoms with Gasteiger partial charge in [0.25, 0.3) is 0 Å². The molecule has 1 aromatic heterocycles. The Morgan fingerprint density at radius 3 is 2.76 bits per heavy atom. The van der Waals surface area contributed by atoms with Gasteiger partial charge in [-0.2, -0.15) is 0 Å². The first-order chi connectivity index (χ1) is 9.99. The van der Waals surface area contributed by atoms with Gasteiger partial charge >= 0.3 is 0 Å². The van der Waals surface area contributed by atoms with E-state index in [2.05, 4.69) is 15.5 Å². The number of carbonyl (C=O) groups is 1. The van der Waals surface area contributed by atoms with E-state index in [0.717, 1.165) is 8.68 Å². The van der Waals surface area contributed by atoms with Crippen molar-refractivity contribution in [2.75, 3.05) is 17.3 Å². The third-order valence-corrected chi connectivity index (χ3v) is 5.56. The van der Waals surface area contributed by atoms with Crippen LogP contribution in [0.2, 0.25) is 0 Å². The average Bonchev–Trinajstić information content (AvgIpc) is 2.89. The van der Waals surface area contributed by atoms with Crippen LogP contribution in [0.5, 0.6) is 0 Å². The molecule has 2 rings (SSSR count). The zero-order valence-corrected chi connectivity index (χ0v) is 13.7. The first-order valence-corrected chi connectivity index (χ1v) is 8.81. The van der Waals surface area contributed by atoms with E-state index < -0.39 is 5.82 Å². The summed E-state index contributed by atoms with van der Waals surface area (Å²) in [5.74, 6) is -0.661. The molecule has 0 spiro atoms. The lowest BCUT2D eigenvalue weighted by molar-refractivity contribution is -0.115. The molecule has 0 saturated heterocycles. The van der Waals surface area contributed by atoms with Gasteiger partial charge in [-0.1, -0.05) is 34.9 Å². The number of hydrogen-bond donors (Lipinski definition) is 2. The van der Waals surface area contributed by atoms with Gasteiger partial charge in [0, 0.05) is 0 Å². The molecule has 1 amide bonds. The minimum atomic E-state index is -0.439. The number of benzene rings is 1. The predicted molar refractivity (Wildman–Crippen MR) is 86.5 cm³/mol. The highest BCUT2D eigenvalue weighted by atomic mass is 32.2. The number of nitrogen functional groups attached to an aromatic ring is 1. The summed E-state index contributed by atoms with van der Waals surface area (Å²) in [4.78, 5) is 12.1. The van der Waals surface area contributed by atoms with Crippen molar-refractivity contribution in [3.8, 4) is 0 Å². The molecule has 112 valence electrons. The summed E-state index contributed by atoms with van der Waals surface area (Å²) >= 11 is 4.27. The van der Waals surface area contributed by atoms with Gasteiger partial charge in [0.2, 0.25) is 5.91 Å². The standard InChI is InChI=1S/C12H13FN4OS3/c1-6(20-12-17-16-11(19-2)21-12)10(18)15-9-4-3-7(13)5-8(9)14/h3-6H,14H2,1-2H3,(H,15,18). The number of nitrogens with zero attached hydrogens (tertiary/aromatic N) is 2. The van der Waals surface area contributed by atoms with Crippen LogP contribution >= 0.6 is 34.9 Å². The van der Waals surface area contributed by atoms with Crippen LogP contribution in [0, 0.1) is 5.82 Å². The molecule has 1 aromatic carbocycles. The number of hydrogen-bond acceptors (Lipinski definition) is 7. The van der Waals surface area contributed by atoms with Gasteiger partial charge in [0.05, 0.1) is 16.6 Å². The molecule has 0 radical (unpaired) electrons. The molecular weight excluding hydrogens is 331 g/mol. The summed E-state index contributed by atoms with van der Waals surface area (Å²) in [5.41, 5.74) is 6.25. The summed E-state index contributed by atoms with van der Waals surface area (Å²) in [7, 11) is 0. The monoisotopic (exact) mass is 344 g/mol. The Balaban J connectivity index is 1.99. The van der Waals surface area contributed by atoms with Gasteiger partial charge in [-0.25, -0.2) is 4.39 Å². The average molecular weight is 344 g/mol. The molecule has 0 aliphatic rings. The van der Waals surface area contributed by atoms with E-state index in [-0.39, 0.29) is 16.8 Å². The Morgan fingerprint density at radius 1 is 1.43 bits per heavy atom. The summed E-state index contributed by atoms with van der Waals surface area (Å²) in [6.07, 6.45) is 1.92. The molecule has 9 heteroatoms. The summed E-state index contributed by atoms with van der Waals surface area (Å²) in [5, 5.41) is 10.3. The Labute approximate surface area is 133 Å². The second-order valence-corrected chi connectivity index (χ2v) is 7.64. The van der Waals surface area contributed by atoms with Crippen molar-refractivity contribution < 1.29 is 9.18 Å². The van der Waals surface area contributed by atoms with Crippen LogP contribution in [-0.4, -0.2) is 27.6 Å². The first-order valence-electron chi connectivity index (χ1n) is 5.89. The molecule has 0 aliphatic carbocycles. The molecular formula is C12H13FN4OS3. The maximum atomic E-state index is 13.0. The summed E-state index contributed by atoms with van der Waals surface area (Å²) in [6.45, 7) is 1.76. The number of nitrogens with two attached hydrogens (primary N) is 1. The van der Waals surface area contributed by atoms with E-state index in [9.17, 15) is 9.18 Å². The number of carbonyl (C=O) groups excluding carboxylic acids is 1. The molecule has 0 fully saturated rings. The number of amides is 1. The van der Waals surface area contributed by atoms with E-state index in [4.69, 9.17) is 5.73 Å². The lowest BCUT2D eigenvalue weighted by Crippen LogP contribution is -2.22. The van der Waals surface area contributed by atoms with Crippen LogP contribution in [0.4, 0.5) is 15.8 Å². The van der Waals surface area contributed by atoms with Crippen LogP contribution in [0.1, 0.15) is 6.92 Å². The highest BCUT2D eigenvalue weighted by Crippen LogP contribution is 2.31. The van der Waals surface area contributed by atoms with E-state index in [1.807, 2.05) is 6.26 Å². The van der Waals surface area contributed by atoms with E-state index in [1.165, 1.54) is 53.1 Å². The normalized spacial score (nSPS) is 12.1. The highest BCUT2D eigenvalue weighted by Gasteiger charge is 2.18. The topological polar surface area (TPSA) is 80.9 Å². The number of aromatic nitrogens is 2. The van der Waals surface area contributed by atoms with E-state index >= 15 is 0 Å². The molecule has 1 heterocycles.